The zero-order valence-corrected chi connectivity index (χ0v) is 19.9. The maximum atomic E-state index is 13.4. The molecule has 188 valence electrons. The molecule has 1 aliphatic carbocycles. The largest absolute Gasteiger partial charge is 0.493 e. The van der Waals surface area contributed by atoms with Gasteiger partial charge in [0.05, 0.1) is 44.5 Å². The SMILES string of the molecule is COc1cc([C@@H]2C(C#N)=C(N)N(c3cccc(C(F)(F)F)c3)C3=C2C(=O)CCC3)cc(OC)c1OC. The highest BCUT2D eigenvalue weighted by Crippen LogP contribution is 2.49. The van der Waals surface area contributed by atoms with Crippen LogP contribution < -0.4 is 24.8 Å². The summed E-state index contributed by atoms with van der Waals surface area (Å²) in [5.41, 5.74) is 7.08. The Labute approximate surface area is 206 Å². The molecule has 1 aliphatic heterocycles. The van der Waals surface area contributed by atoms with E-state index < -0.39 is 17.7 Å². The van der Waals surface area contributed by atoms with E-state index in [1.807, 2.05) is 0 Å². The van der Waals surface area contributed by atoms with Gasteiger partial charge in [0.2, 0.25) is 5.75 Å². The normalized spacial score (nSPS) is 18.1. The van der Waals surface area contributed by atoms with E-state index in [0.29, 0.717) is 46.9 Å². The molecule has 0 spiro atoms. The first-order valence-corrected chi connectivity index (χ1v) is 11.1. The van der Waals surface area contributed by atoms with Gasteiger partial charge in [-0.05, 0) is 48.7 Å². The molecule has 2 N–H and O–H groups in total. The monoisotopic (exact) mass is 499 g/mol. The lowest BCUT2D eigenvalue weighted by Gasteiger charge is -2.40. The van der Waals surface area contributed by atoms with Crippen LogP contribution >= 0.6 is 0 Å². The van der Waals surface area contributed by atoms with Crippen LogP contribution in [0.25, 0.3) is 0 Å². The van der Waals surface area contributed by atoms with Crippen LogP contribution in [-0.2, 0) is 11.0 Å². The van der Waals surface area contributed by atoms with Crippen molar-refractivity contribution in [3.05, 3.63) is 70.2 Å². The lowest BCUT2D eigenvalue weighted by molar-refractivity contribution is -0.137. The molecule has 0 amide bonds. The van der Waals surface area contributed by atoms with Crippen molar-refractivity contribution < 1.29 is 32.2 Å². The lowest BCUT2D eigenvalue weighted by atomic mass is 9.75. The molecule has 10 heteroatoms. The number of anilines is 1. The molecular weight excluding hydrogens is 475 g/mol. The van der Waals surface area contributed by atoms with E-state index in [-0.39, 0.29) is 29.3 Å². The Morgan fingerprint density at radius 1 is 1.06 bits per heavy atom. The molecule has 7 nitrogen and oxygen atoms in total. The first kappa shape index (κ1) is 25.0. The second-order valence-corrected chi connectivity index (χ2v) is 8.32. The second kappa shape index (κ2) is 9.49. The summed E-state index contributed by atoms with van der Waals surface area (Å²) >= 11 is 0. The van der Waals surface area contributed by atoms with Crippen LogP contribution in [0.4, 0.5) is 18.9 Å². The molecule has 36 heavy (non-hydrogen) atoms. The third-order valence-electron chi connectivity index (χ3n) is 6.37. The van der Waals surface area contributed by atoms with Crippen molar-refractivity contribution in [2.75, 3.05) is 26.2 Å². The van der Waals surface area contributed by atoms with Crippen molar-refractivity contribution in [3.8, 4) is 23.3 Å². The topological polar surface area (TPSA) is 97.8 Å². The van der Waals surface area contributed by atoms with Gasteiger partial charge in [-0.3, -0.25) is 9.69 Å². The van der Waals surface area contributed by atoms with Crippen molar-refractivity contribution in [2.24, 2.45) is 5.73 Å². The van der Waals surface area contributed by atoms with E-state index in [9.17, 15) is 23.2 Å². The molecule has 0 bridgehead atoms. The predicted molar refractivity (Wildman–Crippen MR) is 125 cm³/mol. The number of ketones is 1. The van der Waals surface area contributed by atoms with Crippen molar-refractivity contribution in [1.82, 2.24) is 0 Å². The molecule has 2 aromatic carbocycles. The van der Waals surface area contributed by atoms with Crippen LogP contribution in [0.2, 0.25) is 0 Å². The average molecular weight is 499 g/mol. The number of carbonyl (C=O) groups excluding carboxylic acids is 1. The number of allylic oxidation sites excluding steroid dienone is 3. The number of nitrogens with two attached hydrogens (primary N) is 1. The number of hydrogen-bond donors (Lipinski definition) is 1. The number of Topliss-reactive ketones (excluding diaryl/α,β-unsaturated/α-hetero) is 1. The molecule has 0 aromatic heterocycles. The molecule has 1 heterocycles. The van der Waals surface area contributed by atoms with Gasteiger partial charge < -0.3 is 19.9 Å². The quantitative estimate of drug-likeness (QED) is 0.616. The van der Waals surface area contributed by atoms with Gasteiger partial charge >= 0.3 is 6.18 Å². The summed E-state index contributed by atoms with van der Waals surface area (Å²) in [5.74, 6) is -0.101. The summed E-state index contributed by atoms with van der Waals surface area (Å²) in [6.07, 6.45) is -3.42. The Balaban J connectivity index is 1.98. The van der Waals surface area contributed by atoms with E-state index in [4.69, 9.17) is 19.9 Å². The van der Waals surface area contributed by atoms with Gasteiger partial charge in [-0.25, -0.2) is 0 Å². The maximum absolute atomic E-state index is 13.4. The number of alkyl halides is 3. The number of nitriles is 1. The number of ether oxygens (including phenoxy) is 3. The highest BCUT2D eigenvalue weighted by molar-refractivity contribution is 6.01. The van der Waals surface area contributed by atoms with E-state index in [2.05, 4.69) is 6.07 Å². The summed E-state index contributed by atoms with van der Waals surface area (Å²) in [5, 5.41) is 10.2. The molecular formula is C26H24F3N3O4. The molecule has 0 saturated carbocycles. The fourth-order valence-corrected chi connectivity index (χ4v) is 4.80. The zero-order valence-electron chi connectivity index (χ0n) is 19.9. The highest BCUT2D eigenvalue weighted by atomic mass is 19.4. The van der Waals surface area contributed by atoms with E-state index >= 15 is 0 Å². The van der Waals surface area contributed by atoms with E-state index in [1.54, 1.807) is 12.1 Å². The standard InChI is InChI=1S/C26H24F3N3O4/c1-34-20-10-14(11-21(35-2)24(20)36-3)22-17(13-30)25(31)32(18-8-5-9-19(33)23(18)22)16-7-4-6-15(12-16)26(27,28)29/h4,6-7,10-12,22H,5,8-9,31H2,1-3H3/t22-/m1/s1. The van der Waals surface area contributed by atoms with Gasteiger partial charge in [0.25, 0.3) is 0 Å². The van der Waals surface area contributed by atoms with Gasteiger partial charge in [0.1, 0.15) is 5.82 Å². The minimum atomic E-state index is -4.57. The summed E-state index contributed by atoms with van der Waals surface area (Å²) in [6, 6.07) is 10.0. The van der Waals surface area contributed by atoms with Crippen LogP contribution in [0.3, 0.4) is 0 Å². The van der Waals surface area contributed by atoms with Gasteiger partial charge in [0, 0.05) is 23.4 Å². The van der Waals surface area contributed by atoms with Gasteiger partial charge in [-0.15, -0.1) is 0 Å². The Bertz CT molecular complexity index is 1300. The number of halogens is 3. The number of benzene rings is 2. The van der Waals surface area contributed by atoms with Gasteiger partial charge in [0.15, 0.2) is 17.3 Å². The Hall–Kier alpha value is -4.13. The van der Waals surface area contributed by atoms with Crippen molar-refractivity contribution in [3.63, 3.8) is 0 Å². The minimum Gasteiger partial charge on any atom is -0.493 e. The average Bonchev–Trinajstić information content (AvgIpc) is 2.86. The number of nitrogens with zero attached hydrogens (tertiary/aromatic N) is 2. The van der Waals surface area contributed by atoms with Crippen molar-refractivity contribution in [2.45, 2.75) is 31.4 Å². The molecule has 1 atom stereocenters. The Morgan fingerprint density at radius 2 is 1.72 bits per heavy atom. The lowest BCUT2D eigenvalue weighted by Crippen LogP contribution is -2.38. The van der Waals surface area contributed by atoms with E-state index in [0.717, 1.165) is 12.1 Å². The summed E-state index contributed by atoms with van der Waals surface area (Å²) in [4.78, 5) is 14.7. The molecule has 2 aromatic rings. The Kier molecular flexibility index (Phi) is 6.59. The molecule has 4 rings (SSSR count). The van der Waals surface area contributed by atoms with Crippen LogP contribution in [0.5, 0.6) is 17.2 Å². The summed E-state index contributed by atoms with van der Waals surface area (Å²) in [6.45, 7) is 0. The number of carbonyl (C=O) groups is 1. The van der Waals surface area contributed by atoms with Crippen LogP contribution in [0, 0.1) is 11.3 Å². The molecule has 0 saturated heterocycles. The van der Waals surface area contributed by atoms with Crippen molar-refractivity contribution in [1.29, 1.82) is 5.26 Å². The van der Waals surface area contributed by atoms with Crippen LogP contribution in [0.15, 0.2) is 59.1 Å². The molecule has 0 unspecified atom stereocenters. The summed E-state index contributed by atoms with van der Waals surface area (Å²) in [7, 11) is 4.35. The fraction of sp³-hybridized carbons (Fsp3) is 0.308. The highest BCUT2D eigenvalue weighted by Gasteiger charge is 2.41. The number of methoxy groups -OCH3 is 3. The predicted octanol–water partition coefficient (Wildman–Crippen LogP) is 5.04. The maximum Gasteiger partial charge on any atom is 0.416 e. The third-order valence-corrected chi connectivity index (χ3v) is 6.37. The van der Waals surface area contributed by atoms with Crippen LogP contribution in [-0.4, -0.2) is 27.1 Å². The first-order valence-electron chi connectivity index (χ1n) is 11.1. The molecule has 0 radical (unpaired) electrons. The Morgan fingerprint density at radius 3 is 2.28 bits per heavy atom. The fourth-order valence-electron chi connectivity index (χ4n) is 4.80. The smallest absolute Gasteiger partial charge is 0.416 e. The molecule has 2 aliphatic rings. The zero-order chi connectivity index (χ0) is 26.2. The van der Waals surface area contributed by atoms with E-state index in [1.165, 1.54) is 38.4 Å². The summed E-state index contributed by atoms with van der Waals surface area (Å²) < 4.78 is 56.6. The van der Waals surface area contributed by atoms with Crippen LogP contribution in [0.1, 0.15) is 36.3 Å². The molecule has 0 fully saturated rings. The van der Waals surface area contributed by atoms with Crippen molar-refractivity contribution >= 4 is 11.5 Å². The third kappa shape index (κ3) is 4.11. The first-order chi connectivity index (χ1) is 17.2. The van der Waals surface area contributed by atoms with Gasteiger partial charge in [-0.2, -0.15) is 18.4 Å². The number of rotatable bonds is 5. The van der Waals surface area contributed by atoms with Gasteiger partial charge in [-0.1, -0.05) is 6.07 Å². The number of hydrogen-bond acceptors (Lipinski definition) is 7. The second-order valence-electron chi connectivity index (χ2n) is 8.32. The minimum absolute atomic E-state index is 0.0377.